The normalized spacial score (nSPS) is 10.9. The molecule has 0 bridgehead atoms. The van der Waals surface area contributed by atoms with E-state index in [1.807, 2.05) is 43.3 Å². The Morgan fingerprint density at radius 2 is 1.67 bits per heavy atom. The van der Waals surface area contributed by atoms with Crippen molar-refractivity contribution in [1.82, 2.24) is 0 Å². The second-order valence-corrected chi connectivity index (χ2v) is 6.84. The molecule has 1 aromatic heterocycles. The summed E-state index contributed by atoms with van der Waals surface area (Å²) in [5, 5.41) is 2.11. The summed E-state index contributed by atoms with van der Waals surface area (Å²) in [7, 11) is 2.90. The fourth-order valence-electron chi connectivity index (χ4n) is 3.39. The van der Waals surface area contributed by atoms with Crippen molar-refractivity contribution in [1.29, 1.82) is 0 Å². The fraction of sp³-hybridized carbons (Fsp3) is 0.167. The van der Waals surface area contributed by atoms with Crippen molar-refractivity contribution in [3.63, 3.8) is 0 Å². The topological polar surface area (TPSA) is 75.0 Å². The SMILES string of the molecule is COC(=O)c1ccc(COc2ccc3c(oc(=O)c4cc(OC)ccc43)c2C)cc1. The zero-order valence-electron chi connectivity index (χ0n) is 16.9. The van der Waals surface area contributed by atoms with Gasteiger partial charge in [-0.2, -0.15) is 0 Å². The molecule has 0 N–H and O–H groups in total. The Morgan fingerprint density at radius 1 is 0.933 bits per heavy atom. The Morgan fingerprint density at radius 3 is 2.37 bits per heavy atom. The molecular weight excluding hydrogens is 384 g/mol. The van der Waals surface area contributed by atoms with Gasteiger partial charge in [0.1, 0.15) is 23.7 Å². The number of carbonyl (C=O) groups excluding carboxylic acids is 1. The van der Waals surface area contributed by atoms with E-state index < -0.39 is 5.63 Å². The van der Waals surface area contributed by atoms with E-state index in [0.29, 0.717) is 34.6 Å². The molecule has 6 heteroatoms. The molecule has 0 atom stereocenters. The second kappa shape index (κ2) is 7.91. The lowest BCUT2D eigenvalue weighted by molar-refractivity contribution is 0.0600. The summed E-state index contributed by atoms with van der Waals surface area (Å²) in [6, 6.07) is 16.1. The van der Waals surface area contributed by atoms with Gasteiger partial charge in [-0.05, 0) is 55.0 Å². The molecule has 0 fully saturated rings. The van der Waals surface area contributed by atoms with Crippen LogP contribution in [0.2, 0.25) is 0 Å². The van der Waals surface area contributed by atoms with Crippen LogP contribution in [-0.4, -0.2) is 20.2 Å². The molecule has 4 aromatic rings. The van der Waals surface area contributed by atoms with Gasteiger partial charge in [0, 0.05) is 16.3 Å². The molecule has 3 aromatic carbocycles. The Bertz CT molecular complexity index is 1300. The maximum atomic E-state index is 12.5. The summed E-state index contributed by atoms with van der Waals surface area (Å²) in [6.07, 6.45) is 0. The monoisotopic (exact) mass is 404 g/mol. The third-order valence-corrected chi connectivity index (χ3v) is 5.06. The van der Waals surface area contributed by atoms with Gasteiger partial charge in [-0.25, -0.2) is 9.59 Å². The average Bonchev–Trinajstić information content (AvgIpc) is 2.78. The van der Waals surface area contributed by atoms with Gasteiger partial charge in [-0.3, -0.25) is 0 Å². The van der Waals surface area contributed by atoms with Gasteiger partial charge < -0.3 is 18.6 Å². The number of methoxy groups -OCH3 is 2. The zero-order chi connectivity index (χ0) is 21.3. The second-order valence-electron chi connectivity index (χ2n) is 6.84. The third-order valence-electron chi connectivity index (χ3n) is 5.06. The van der Waals surface area contributed by atoms with Crippen LogP contribution < -0.4 is 15.1 Å². The highest BCUT2D eigenvalue weighted by molar-refractivity contribution is 6.06. The van der Waals surface area contributed by atoms with Crippen LogP contribution in [0.1, 0.15) is 21.5 Å². The molecule has 0 unspecified atom stereocenters. The first-order valence-corrected chi connectivity index (χ1v) is 9.36. The van der Waals surface area contributed by atoms with Crippen LogP contribution in [0, 0.1) is 6.92 Å². The Labute approximate surface area is 172 Å². The predicted octanol–water partition coefficient (Wildman–Crippen LogP) is 4.63. The molecule has 0 saturated heterocycles. The number of benzene rings is 3. The van der Waals surface area contributed by atoms with E-state index in [0.717, 1.165) is 21.9 Å². The number of hydrogen-bond donors (Lipinski definition) is 0. The average molecular weight is 404 g/mol. The van der Waals surface area contributed by atoms with Gasteiger partial charge in [0.05, 0.1) is 25.2 Å². The van der Waals surface area contributed by atoms with E-state index in [4.69, 9.17) is 18.6 Å². The van der Waals surface area contributed by atoms with Crippen molar-refractivity contribution in [2.75, 3.05) is 14.2 Å². The van der Waals surface area contributed by atoms with E-state index >= 15 is 0 Å². The number of esters is 1. The molecule has 0 aliphatic rings. The lowest BCUT2D eigenvalue weighted by Crippen LogP contribution is -2.03. The fourth-order valence-corrected chi connectivity index (χ4v) is 3.39. The molecule has 0 amide bonds. The Kier molecular flexibility index (Phi) is 5.14. The molecule has 0 aliphatic carbocycles. The largest absolute Gasteiger partial charge is 0.497 e. The van der Waals surface area contributed by atoms with Crippen LogP contribution in [0.15, 0.2) is 63.8 Å². The molecule has 0 spiro atoms. The smallest absolute Gasteiger partial charge is 0.344 e. The van der Waals surface area contributed by atoms with Gasteiger partial charge in [-0.15, -0.1) is 0 Å². The first-order valence-electron chi connectivity index (χ1n) is 9.36. The highest BCUT2D eigenvalue weighted by atomic mass is 16.5. The highest BCUT2D eigenvalue weighted by Crippen LogP contribution is 2.32. The van der Waals surface area contributed by atoms with E-state index in [2.05, 4.69) is 0 Å². The van der Waals surface area contributed by atoms with Crippen molar-refractivity contribution in [2.24, 2.45) is 0 Å². The van der Waals surface area contributed by atoms with Gasteiger partial charge >= 0.3 is 11.6 Å². The quantitative estimate of drug-likeness (QED) is 0.274. The maximum absolute atomic E-state index is 12.5. The Hall–Kier alpha value is -3.80. The van der Waals surface area contributed by atoms with Crippen molar-refractivity contribution in [3.05, 3.63) is 81.7 Å². The summed E-state index contributed by atoms with van der Waals surface area (Å²) in [6.45, 7) is 2.17. The van der Waals surface area contributed by atoms with Gasteiger partial charge in [0.15, 0.2) is 0 Å². The van der Waals surface area contributed by atoms with Crippen molar-refractivity contribution in [3.8, 4) is 11.5 Å². The van der Waals surface area contributed by atoms with Crippen LogP contribution in [0.5, 0.6) is 11.5 Å². The van der Waals surface area contributed by atoms with Crippen molar-refractivity contribution < 1.29 is 23.4 Å². The predicted molar refractivity (Wildman–Crippen MR) is 113 cm³/mol. The molecule has 30 heavy (non-hydrogen) atoms. The summed E-state index contributed by atoms with van der Waals surface area (Å²) in [4.78, 5) is 24.0. The van der Waals surface area contributed by atoms with Crippen LogP contribution in [0.25, 0.3) is 21.7 Å². The number of hydrogen-bond acceptors (Lipinski definition) is 6. The first kappa shape index (κ1) is 19.5. The molecule has 4 rings (SSSR count). The van der Waals surface area contributed by atoms with E-state index in [9.17, 15) is 9.59 Å². The van der Waals surface area contributed by atoms with E-state index in [-0.39, 0.29) is 5.97 Å². The molecule has 0 aliphatic heterocycles. The van der Waals surface area contributed by atoms with Gasteiger partial charge in [0.25, 0.3) is 0 Å². The molecule has 1 heterocycles. The minimum atomic E-state index is -0.421. The van der Waals surface area contributed by atoms with E-state index in [1.165, 1.54) is 7.11 Å². The van der Waals surface area contributed by atoms with Gasteiger partial charge in [0.2, 0.25) is 0 Å². The lowest BCUT2D eigenvalue weighted by Gasteiger charge is -2.12. The van der Waals surface area contributed by atoms with E-state index in [1.54, 1.807) is 25.3 Å². The standard InChI is InChI=1S/C24H20O6/c1-14-21(29-13-15-4-6-16(7-5-15)23(25)28-3)11-10-19-18-9-8-17(27-2)12-20(18)24(26)30-22(14)19/h4-12H,13H2,1-3H3. The van der Waals surface area contributed by atoms with Crippen LogP contribution in [0.4, 0.5) is 0 Å². The van der Waals surface area contributed by atoms with Crippen molar-refractivity contribution >= 4 is 27.7 Å². The summed E-state index contributed by atoms with van der Waals surface area (Å²) in [5.41, 5.74) is 2.20. The first-order chi connectivity index (χ1) is 14.5. The molecule has 0 radical (unpaired) electrons. The maximum Gasteiger partial charge on any atom is 0.344 e. The Balaban J connectivity index is 1.66. The number of fused-ring (bicyclic) bond motifs is 3. The lowest BCUT2D eigenvalue weighted by atomic mass is 10.0. The highest BCUT2D eigenvalue weighted by Gasteiger charge is 2.14. The van der Waals surface area contributed by atoms with Crippen LogP contribution >= 0.6 is 0 Å². The minimum absolute atomic E-state index is 0.308. The van der Waals surface area contributed by atoms with Gasteiger partial charge in [-0.1, -0.05) is 12.1 Å². The third kappa shape index (κ3) is 3.48. The van der Waals surface area contributed by atoms with Crippen LogP contribution in [-0.2, 0) is 11.3 Å². The zero-order valence-corrected chi connectivity index (χ0v) is 16.9. The summed E-state index contributed by atoms with van der Waals surface area (Å²) < 4.78 is 21.5. The minimum Gasteiger partial charge on any atom is -0.497 e. The molecule has 152 valence electrons. The molecule has 6 nitrogen and oxygen atoms in total. The molecule has 0 saturated carbocycles. The number of rotatable bonds is 5. The van der Waals surface area contributed by atoms with Crippen molar-refractivity contribution in [2.45, 2.75) is 13.5 Å². The summed E-state index contributed by atoms with van der Waals surface area (Å²) in [5.74, 6) is 0.840. The number of ether oxygens (including phenoxy) is 3. The number of aryl methyl sites for hydroxylation is 1. The van der Waals surface area contributed by atoms with Crippen LogP contribution in [0.3, 0.4) is 0 Å². The summed E-state index contributed by atoms with van der Waals surface area (Å²) >= 11 is 0. The number of carbonyl (C=O) groups is 1. The molecular formula is C24H20O6.